The highest BCUT2D eigenvalue weighted by Gasteiger charge is 2.07. The molecule has 2 N–H and O–H groups in total. The Morgan fingerprint density at radius 3 is 1.73 bits per heavy atom. The summed E-state index contributed by atoms with van der Waals surface area (Å²) in [5, 5.41) is 0. The van der Waals surface area contributed by atoms with Gasteiger partial charge in [-0.3, -0.25) is 0 Å². The van der Waals surface area contributed by atoms with Crippen molar-refractivity contribution in [1.29, 1.82) is 0 Å². The van der Waals surface area contributed by atoms with Gasteiger partial charge in [-0.15, -0.1) is 12.4 Å². The van der Waals surface area contributed by atoms with Crippen LogP contribution in [0.4, 0.5) is 0 Å². The monoisotopic (exact) mass is 179 g/mol. The number of halogens is 1. The number of hydrogen-bond acceptors (Lipinski definition) is 1. The summed E-state index contributed by atoms with van der Waals surface area (Å²) in [7, 11) is 0. The van der Waals surface area contributed by atoms with Gasteiger partial charge in [-0.05, 0) is 18.8 Å². The molecule has 0 fully saturated rings. The van der Waals surface area contributed by atoms with E-state index in [1.807, 2.05) is 0 Å². The largest absolute Gasteiger partial charge is 0.328 e. The molecule has 0 aromatic heterocycles. The zero-order valence-corrected chi connectivity index (χ0v) is 8.79. The maximum atomic E-state index is 5.82. The van der Waals surface area contributed by atoms with E-state index in [1.165, 1.54) is 19.3 Å². The average molecular weight is 180 g/mol. The fraction of sp³-hybridized carbons (Fsp3) is 1.00. The lowest BCUT2D eigenvalue weighted by atomic mass is 9.94. The molecule has 0 rings (SSSR count). The smallest absolute Gasteiger partial charge is 0.00388 e. The van der Waals surface area contributed by atoms with Crippen LogP contribution in [-0.4, -0.2) is 6.04 Å². The summed E-state index contributed by atoms with van der Waals surface area (Å²) in [6.45, 7) is 6.65. The molecule has 0 aromatic rings. The van der Waals surface area contributed by atoms with E-state index in [0.717, 1.165) is 12.3 Å². The highest BCUT2D eigenvalue weighted by atomic mass is 35.5. The molecule has 0 aromatic carbocycles. The van der Waals surface area contributed by atoms with Crippen LogP contribution in [0.5, 0.6) is 0 Å². The molecule has 0 bridgehead atoms. The lowest BCUT2D eigenvalue weighted by molar-refractivity contribution is 0.403. The van der Waals surface area contributed by atoms with Crippen molar-refractivity contribution in [2.75, 3.05) is 0 Å². The quantitative estimate of drug-likeness (QED) is 0.690. The third-order valence-corrected chi connectivity index (χ3v) is 2.32. The van der Waals surface area contributed by atoms with Crippen LogP contribution in [0.25, 0.3) is 0 Å². The fourth-order valence-corrected chi connectivity index (χ4v) is 1.22. The third-order valence-electron chi connectivity index (χ3n) is 2.32. The Morgan fingerprint density at radius 2 is 1.45 bits per heavy atom. The van der Waals surface area contributed by atoms with Crippen LogP contribution in [0.15, 0.2) is 0 Å². The second kappa shape index (κ2) is 8.35. The topological polar surface area (TPSA) is 26.0 Å². The summed E-state index contributed by atoms with van der Waals surface area (Å²) in [4.78, 5) is 0. The number of rotatable bonds is 5. The Bertz CT molecular complexity index is 72.0. The number of hydrogen-bond donors (Lipinski definition) is 1. The molecule has 2 heteroatoms. The molecule has 0 saturated carbocycles. The van der Waals surface area contributed by atoms with E-state index in [4.69, 9.17) is 5.73 Å². The van der Waals surface area contributed by atoms with Gasteiger partial charge in [0.1, 0.15) is 0 Å². The van der Waals surface area contributed by atoms with E-state index in [1.54, 1.807) is 0 Å². The molecular weight excluding hydrogens is 158 g/mol. The van der Waals surface area contributed by atoms with E-state index >= 15 is 0 Å². The summed E-state index contributed by atoms with van der Waals surface area (Å²) in [6, 6.07) is 0.435. The fourth-order valence-electron chi connectivity index (χ4n) is 1.22. The summed E-state index contributed by atoms with van der Waals surface area (Å²) in [6.07, 6.45) is 4.90. The lowest BCUT2D eigenvalue weighted by Crippen LogP contribution is -2.22. The van der Waals surface area contributed by atoms with Gasteiger partial charge in [0.15, 0.2) is 0 Å². The third kappa shape index (κ3) is 6.64. The van der Waals surface area contributed by atoms with E-state index in [2.05, 4.69) is 20.8 Å². The van der Waals surface area contributed by atoms with Crippen LogP contribution in [0, 0.1) is 5.92 Å². The van der Waals surface area contributed by atoms with Gasteiger partial charge >= 0.3 is 0 Å². The van der Waals surface area contributed by atoms with Crippen LogP contribution in [0.3, 0.4) is 0 Å². The minimum atomic E-state index is 0. The molecule has 1 nitrogen and oxygen atoms in total. The average Bonchev–Trinajstić information content (AvgIpc) is 1.99. The van der Waals surface area contributed by atoms with Crippen molar-refractivity contribution < 1.29 is 0 Å². The lowest BCUT2D eigenvalue weighted by Gasteiger charge is -2.16. The van der Waals surface area contributed by atoms with Crippen molar-refractivity contribution in [3.05, 3.63) is 0 Å². The minimum absolute atomic E-state index is 0. The van der Waals surface area contributed by atoms with Gasteiger partial charge in [-0.25, -0.2) is 0 Å². The highest BCUT2D eigenvalue weighted by Crippen LogP contribution is 2.14. The van der Waals surface area contributed by atoms with Crippen molar-refractivity contribution in [3.8, 4) is 0 Å². The molecule has 0 aliphatic rings. The summed E-state index contributed by atoms with van der Waals surface area (Å²) >= 11 is 0. The van der Waals surface area contributed by atoms with Crippen molar-refractivity contribution in [2.24, 2.45) is 11.7 Å². The Hall–Kier alpha value is 0.250. The van der Waals surface area contributed by atoms with E-state index in [0.29, 0.717) is 6.04 Å². The maximum absolute atomic E-state index is 5.82. The van der Waals surface area contributed by atoms with Crippen LogP contribution >= 0.6 is 12.4 Å². The van der Waals surface area contributed by atoms with E-state index in [9.17, 15) is 0 Å². The molecule has 0 amide bonds. The first-order valence-corrected chi connectivity index (χ1v) is 4.50. The standard InChI is InChI=1S/C9H21N.ClH/c1-4-8(5-2)7-9(10)6-3;/h8-9H,4-7,10H2,1-3H3;1H. The summed E-state index contributed by atoms with van der Waals surface area (Å²) in [5.41, 5.74) is 5.82. The first-order valence-electron chi connectivity index (χ1n) is 4.50. The normalized spacial score (nSPS) is 12.8. The molecule has 0 aliphatic carbocycles. The van der Waals surface area contributed by atoms with Crippen molar-refractivity contribution >= 4 is 12.4 Å². The molecule has 0 spiro atoms. The predicted octanol–water partition coefficient (Wildman–Crippen LogP) is 2.97. The van der Waals surface area contributed by atoms with Crippen LogP contribution < -0.4 is 5.73 Å². The highest BCUT2D eigenvalue weighted by molar-refractivity contribution is 5.85. The van der Waals surface area contributed by atoms with E-state index < -0.39 is 0 Å². The Balaban J connectivity index is 0. The number of nitrogens with two attached hydrogens (primary N) is 1. The van der Waals surface area contributed by atoms with Gasteiger partial charge in [0.25, 0.3) is 0 Å². The van der Waals surface area contributed by atoms with Gasteiger partial charge in [-0.1, -0.05) is 33.6 Å². The maximum Gasteiger partial charge on any atom is 0.00388 e. The molecule has 1 unspecified atom stereocenters. The van der Waals surface area contributed by atoms with Gasteiger partial charge in [0.2, 0.25) is 0 Å². The molecule has 70 valence electrons. The van der Waals surface area contributed by atoms with Crippen LogP contribution in [0.1, 0.15) is 46.5 Å². The minimum Gasteiger partial charge on any atom is -0.328 e. The Morgan fingerprint density at radius 1 is 1.00 bits per heavy atom. The van der Waals surface area contributed by atoms with Gasteiger partial charge in [0.05, 0.1) is 0 Å². The van der Waals surface area contributed by atoms with Crippen molar-refractivity contribution in [3.63, 3.8) is 0 Å². The molecular formula is C9H22ClN. The molecule has 0 aliphatic heterocycles. The molecule has 0 radical (unpaired) electrons. The SMILES string of the molecule is CCC(N)CC(CC)CC.Cl. The molecule has 0 heterocycles. The molecule has 0 saturated heterocycles. The Kier molecular flexibility index (Phi) is 10.5. The van der Waals surface area contributed by atoms with Crippen molar-refractivity contribution in [1.82, 2.24) is 0 Å². The first kappa shape index (κ1) is 13.8. The Labute approximate surface area is 77.2 Å². The van der Waals surface area contributed by atoms with Gasteiger partial charge < -0.3 is 5.73 Å². The van der Waals surface area contributed by atoms with Crippen LogP contribution in [0.2, 0.25) is 0 Å². The van der Waals surface area contributed by atoms with Crippen LogP contribution in [-0.2, 0) is 0 Å². The van der Waals surface area contributed by atoms with E-state index in [-0.39, 0.29) is 12.4 Å². The summed E-state index contributed by atoms with van der Waals surface area (Å²) < 4.78 is 0. The first-order chi connectivity index (χ1) is 4.74. The summed E-state index contributed by atoms with van der Waals surface area (Å²) in [5.74, 6) is 0.856. The zero-order chi connectivity index (χ0) is 7.98. The molecule has 11 heavy (non-hydrogen) atoms. The second-order valence-corrected chi connectivity index (χ2v) is 3.09. The van der Waals surface area contributed by atoms with Crippen molar-refractivity contribution in [2.45, 2.75) is 52.5 Å². The van der Waals surface area contributed by atoms with Gasteiger partial charge in [0, 0.05) is 6.04 Å². The van der Waals surface area contributed by atoms with Gasteiger partial charge in [-0.2, -0.15) is 0 Å². The second-order valence-electron chi connectivity index (χ2n) is 3.09. The predicted molar refractivity (Wildman–Crippen MR) is 54.2 cm³/mol. The zero-order valence-electron chi connectivity index (χ0n) is 7.97. The molecule has 1 atom stereocenters.